The van der Waals surface area contributed by atoms with Crippen LogP contribution in [0, 0.1) is 11.3 Å². The predicted molar refractivity (Wildman–Crippen MR) is 48.7 cm³/mol. The average molecular weight is 208 g/mol. The lowest BCUT2D eigenvalue weighted by Gasteiger charge is -1.94. The van der Waals surface area contributed by atoms with Gasteiger partial charge in [-0.25, -0.2) is 0 Å². The Kier molecular flexibility index (Phi) is 2.71. The van der Waals surface area contributed by atoms with Crippen molar-refractivity contribution < 1.29 is 15.0 Å². The van der Waals surface area contributed by atoms with Crippen LogP contribution in [0.25, 0.3) is 0 Å². The summed E-state index contributed by atoms with van der Waals surface area (Å²) in [6, 6.07) is 1.65. The second-order valence-electron chi connectivity index (χ2n) is 2.76. The maximum Gasteiger partial charge on any atom is 0.261 e. The van der Waals surface area contributed by atoms with Gasteiger partial charge in [0, 0.05) is 14.0 Å². The van der Waals surface area contributed by atoms with Gasteiger partial charge in [-0.2, -0.15) is 5.26 Å². The Morgan fingerprint density at radius 2 is 2.07 bits per heavy atom. The first-order chi connectivity index (χ1) is 6.99. The summed E-state index contributed by atoms with van der Waals surface area (Å²) in [6.07, 6.45) is 0. The second kappa shape index (κ2) is 3.79. The SMILES string of the molecule is CC(=O)N=Nc1c(C#N)c(O)n(C)c1O. The molecule has 0 spiro atoms. The van der Waals surface area contributed by atoms with Gasteiger partial charge in [-0.15, -0.1) is 10.2 Å². The molecule has 1 rings (SSSR count). The van der Waals surface area contributed by atoms with Crippen molar-refractivity contribution in [3.05, 3.63) is 5.56 Å². The fourth-order valence-electron chi connectivity index (χ4n) is 0.963. The number of hydrogen-bond donors (Lipinski definition) is 2. The normalized spacial score (nSPS) is 10.5. The predicted octanol–water partition coefficient (Wildman–Crippen LogP) is 0.938. The van der Waals surface area contributed by atoms with Crippen LogP contribution in [0.4, 0.5) is 5.69 Å². The Labute approximate surface area is 84.9 Å². The van der Waals surface area contributed by atoms with E-state index in [1.165, 1.54) is 14.0 Å². The molecule has 1 heterocycles. The van der Waals surface area contributed by atoms with Crippen LogP contribution in [-0.4, -0.2) is 20.7 Å². The first-order valence-electron chi connectivity index (χ1n) is 3.92. The minimum absolute atomic E-state index is 0.215. The van der Waals surface area contributed by atoms with Gasteiger partial charge in [0.15, 0.2) is 5.69 Å². The van der Waals surface area contributed by atoms with E-state index in [0.29, 0.717) is 0 Å². The number of carbonyl (C=O) groups is 1. The number of aromatic hydroxyl groups is 2. The van der Waals surface area contributed by atoms with Gasteiger partial charge in [0.25, 0.3) is 5.91 Å². The summed E-state index contributed by atoms with van der Waals surface area (Å²) in [5.74, 6) is -1.41. The highest BCUT2D eigenvalue weighted by Gasteiger charge is 2.20. The van der Waals surface area contributed by atoms with Crippen LogP contribution in [0.3, 0.4) is 0 Å². The zero-order valence-electron chi connectivity index (χ0n) is 8.09. The Bertz CT molecular complexity index is 481. The highest BCUT2D eigenvalue weighted by molar-refractivity contribution is 5.74. The van der Waals surface area contributed by atoms with E-state index in [9.17, 15) is 15.0 Å². The van der Waals surface area contributed by atoms with Crippen molar-refractivity contribution in [2.24, 2.45) is 17.3 Å². The number of rotatable bonds is 1. The molecule has 1 amide bonds. The Hall–Kier alpha value is -2.36. The van der Waals surface area contributed by atoms with Gasteiger partial charge < -0.3 is 10.2 Å². The molecule has 0 radical (unpaired) electrons. The minimum Gasteiger partial charge on any atom is -0.493 e. The molecule has 0 fully saturated rings. The van der Waals surface area contributed by atoms with E-state index in [0.717, 1.165) is 4.57 Å². The van der Waals surface area contributed by atoms with Crippen LogP contribution in [-0.2, 0) is 11.8 Å². The third-order valence-corrected chi connectivity index (χ3v) is 1.71. The molecule has 78 valence electrons. The van der Waals surface area contributed by atoms with Crippen LogP contribution < -0.4 is 0 Å². The molecular weight excluding hydrogens is 200 g/mol. The van der Waals surface area contributed by atoms with Crippen molar-refractivity contribution in [3.63, 3.8) is 0 Å². The molecule has 0 saturated carbocycles. The van der Waals surface area contributed by atoms with Gasteiger partial charge in [0.1, 0.15) is 11.6 Å². The van der Waals surface area contributed by atoms with Crippen molar-refractivity contribution in [2.75, 3.05) is 0 Å². The summed E-state index contributed by atoms with van der Waals surface area (Å²) in [4.78, 5) is 10.5. The first kappa shape index (κ1) is 10.7. The van der Waals surface area contributed by atoms with Gasteiger partial charge in [-0.1, -0.05) is 0 Å². The summed E-state index contributed by atoms with van der Waals surface area (Å²) in [7, 11) is 1.35. The molecular formula is C8H8N4O3. The van der Waals surface area contributed by atoms with Crippen molar-refractivity contribution in [1.82, 2.24) is 4.57 Å². The van der Waals surface area contributed by atoms with E-state index >= 15 is 0 Å². The quantitative estimate of drug-likeness (QED) is 0.668. The van der Waals surface area contributed by atoms with Crippen LogP contribution >= 0.6 is 0 Å². The largest absolute Gasteiger partial charge is 0.493 e. The van der Waals surface area contributed by atoms with Gasteiger partial charge in [-0.05, 0) is 0 Å². The molecule has 0 aromatic carbocycles. The second-order valence-corrected chi connectivity index (χ2v) is 2.76. The maximum atomic E-state index is 10.5. The molecule has 2 N–H and O–H groups in total. The zero-order valence-corrected chi connectivity index (χ0v) is 8.09. The van der Waals surface area contributed by atoms with Crippen LogP contribution in [0.5, 0.6) is 11.8 Å². The number of nitriles is 1. The smallest absolute Gasteiger partial charge is 0.261 e. The van der Waals surface area contributed by atoms with E-state index in [2.05, 4.69) is 10.2 Å². The van der Waals surface area contributed by atoms with Gasteiger partial charge >= 0.3 is 0 Å². The van der Waals surface area contributed by atoms with E-state index in [4.69, 9.17) is 5.26 Å². The molecule has 0 aliphatic carbocycles. The molecule has 15 heavy (non-hydrogen) atoms. The fraction of sp³-hybridized carbons (Fsp3) is 0.250. The van der Waals surface area contributed by atoms with Crippen LogP contribution in [0.1, 0.15) is 12.5 Å². The molecule has 0 unspecified atom stereocenters. The monoisotopic (exact) mass is 208 g/mol. The molecule has 0 bridgehead atoms. The molecule has 1 aromatic rings. The van der Waals surface area contributed by atoms with Gasteiger partial charge in [0.05, 0.1) is 0 Å². The highest BCUT2D eigenvalue weighted by atomic mass is 16.3. The molecule has 0 atom stereocenters. The molecule has 0 aliphatic heterocycles. The highest BCUT2D eigenvalue weighted by Crippen LogP contribution is 2.39. The third kappa shape index (κ3) is 1.78. The Morgan fingerprint density at radius 1 is 1.47 bits per heavy atom. The van der Waals surface area contributed by atoms with E-state index in [1.807, 2.05) is 0 Å². The number of aromatic nitrogens is 1. The van der Waals surface area contributed by atoms with Gasteiger partial charge in [-0.3, -0.25) is 9.36 Å². The molecule has 0 saturated heterocycles. The zero-order chi connectivity index (χ0) is 11.6. The molecule has 7 heteroatoms. The Morgan fingerprint density at radius 3 is 2.53 bits per heavy atom. The Balaban J connectivity index is 3.36. The van der Waals surface area contributed by atoms with Gasteiger partial charge in [0.2, 0.25) is 11.8 Å². The van der Waals surface area contributed by atoms with Crippen molar-refractivity contribution in [1.29, 1.82) is 5.26 Å². The van der Waals surface area contributed by atoms with Crippen molar-refractivity contribution >= 4 is 11.6 Å². The third-order valence-electron chi connectivity index (χ3n) is 1.71. The van der Waals surface area contributed by atoms with Crippen molar-refractivity contribution in [2.45, 2.75) is 6.92 Å². The lowest BCUT2D eigenvalue weighted by atomic mass is 10.3. The topological polar surface area (TPSA) is 111 Å². The summed E-state index contributed by atoms with van der Waals surface area (Å²) in [5, 5.41) is 34.0. The van der Waals surface area contributed by atoms with E-state index in [1.54, 1.807) is 6.07 Å². The molecule has 1 aromatic heterocycles. The molecule has 7 nitrogen and oxygen atoms in total. The standard InChI is InChI=1S/C8H8N4O3/c1-4(13)10-11-6-5(3-9)7(14)12(2)8(6)15/h14-15H,1-2H3. The van der Waals surface area contributed by atoms with Crippen LogP contribution in [0.2, 0.25) is 0 Å². The minimum atomic E-state index is -0.568. The average Bonchev–Trinajstić information content (AvgIpc) is 2.39. The number of carbonyl (C=O) groups excluding carboxylic acids is 1. The van der Waals surface area contributed by atoms with E-state index < -0.39 is 17.7 Å². The number of hydrogen-bond acceptors (Lipinski definition) is 5. The maximum absolute atomic E-state index is 10.5. The van der Waals surface area contributed by atoms with Crippen LogP contribution in [0.15, 0.2) is 10.2 Å². The number of amides is 1. The van der Waals surface area contributed by atoms with E-state index in [-0.39, 0.29) is 11.3 Å². The fourth-order valence-corrected chi connectivity index (χ4v) is 0.963. The number of azo groups is 1. The molecule has 0 aliphatic rings. The summed E-state index contributed by atoms with van der Waals surface area (Å²) in [6.45, 7) is 1.18. The lowest BCUT2D eigenvalue weighted by Crippen LogP contribution is -1.84. The summed E-state index contributed by atoms with van der Waals surface area (Å²) in [5.41, 5.74) is -0.437. The first-order valence-corrected chi connectivity index (χ1v) is 3.92. The lowest BCUT2D eigenvalue weighted by molar-refractivity contribution is -0.116. The van der Waals surface area contributed by atoms with Crippen molar-refractivity contribution in [3.8, 4) is 17.8 Å². The number of nitrogens with zero attached hydrogens (tertiary/aromatic N) is 4. The summed E-state index contributed by atoms with van der Waals surface area (Å²) >= 11 is 0. The summed E-state index contributed by atoms with van der Waals surface area (Å²) < 4.78 is 0.965.